The van der Waals surface area contributed by atoms with Crippen molar-refractivity contribution < 1.29 is 50.5 Å². The lowest BCUT2D eigenvalue weighted by Gasteiger charge is -2.27. The van der Waals surface area contributed by atoms with Gasteiger partial charge >= 0.3 is 24.3 Å². The number of benzene rings is 1. The van der Waals surface area contributed by atoms with Gasteiger partial charge in [0.1, 0.15) is 11.6 Å². The summed E-state index contributed by atoms with van der Waals surface area (Å²) in [6.45, 7) is 4.38. The Balaban J connectivity index is 0.000000362. The number of hydrogen-bond donors (Lipinski definition) is 2. The van der Waals surface area contributed by atoms with Crippen molar-refractivity contribution in [3.8, 4) is 0 Å². The van der Waals surface area contributed by atoms with Gasteiger partial charge in [0.2, 0.25) is 0 Å². The van der Waals surface area contributed by atoms with E-state index in [1.807, 2.05) is 6.07 Å². The molecule has 0 unspecified atom stereocenters. The smallest absolute Gasteiger partial charge is 0.475 e. The van der Waals surface area contributed by atoms with Crippen LogP contribution in [0.1, 0.15) is 17.1 Å². The fourth-order valence-electron chi connectivity index (χ4n) is 2.79. The van der Waals surface area contributed by atoms with Gasteiger partial charge in [-0.3, -0.25) is 4.90 Å². The van der Waals surface area contributed by atoms with Crippen LogP contribution < -0.4 is 0 Å². The van der Waals surface area contributed by atoms with Gasteiger partial charge in [0.05, 0.1) is 12.2 Å². The molecular weight excluding hydrogens is 493 g/mol. The predicted octanol–water partition coefficient (Wildman–Crippen LogP) is 3.37. The Morgan fingerprint density at radius 3 is 2.03 bits per heavy atom. The van der Waals surface area contributed by atoms with Gasteiger partial charge in [0.25, 0.3) is 0 Å². The van der Waals surface area contributed by atoms with Gasteiger partial charge in [-0.2, -0.15) is 26.3 Å². The summed E-state index contributed by atoms with van der Waals surface area (Å²) in [6, 6.07) is 6.84. The first kappa shape index (κ1) is 29.8. The van der Waals surface area contributed by atoms with E-state index in [9.17, 15) is 30.7 Å². The van der Waals surface area contributed by atoms with Crippen molar-refractivity contribution >= 4 is 11.9 Å². The Hall–Kier alpha value is -3.20. The molecular formula is C20H23F7N4O4. The lowest BCUT2D eigenvalue weighted by Crippen LogP contribution is -2.33. The van der Waals surface area contributed by atoms with Crippen LogP contribution in [-0.2, 0) is 35.8 Å². The number of aromatic nitrogens is 2. The van der Waals surface area contributed by atoms with Crippen molar-refractivity contribution in [1.29, 1.82) is 0 Å². The molecule has 0 amide bonds. The highest BCUT2D eigenvalue weighted by molar-refractivity contribution is 5.73. The molecule has 35 heavy (non-hydrogen) atoms. The number of aliphatic carboxylic acids is 2. The molecule has 0 bridgehead atoms. The molecule has 2 aromatic rings. The molecule has 3 rings (SSSR count). The molecule has 1 aromatic heterocycles. The first-order valence-corrected chi connectivity index (χ1v) is 9.75. The number of carbonyl (C=O) groups is 2. The maximum Gasteiger partial charge on any atom is 0.490 e. The zero-order valence-electron chi connectivity index (χ0n) is 18.6. The molecule has 1 aliphatic rings. The molecule has 2 heterocycles. The van der Waals surface area contributed by atoms with Crippen molar-refractivity contribution in [2.75, 3.05) is 20.6 Å². The largest absolute Gasteiger partial charge is 0.490 e. The van der Waals surface area contributed by atoms with Gasteiger partial charge in [0.15, 0.2) is 0 Å². The van der Waals surface area contributed by atoms with Gasteiger partial charge in [-0.05, 0) is 31.8 Å². The Morgan fingerprint density at radius 1 is 1.03 bits per heavy atom. The minimum atomic E-state index is -5.08. The fourth-order valence-corrected chi connectivity index (χ4v) is 2.79. The highest BCUT2D eigenvalue weighted by atomic mass is 19.4. The Kier molecular flexibility index (Phi) is 10.6. The van der Waals surface area contributed by atoms with Crippen molar-refractivity contribution in [3.63, 3.8) is 0 Å². The van der Waals surface area contributed by atoms with E-state index in [-0.39, 0.29) is 5.82 Å². The monoisotopic (exact) mass is 516 g/mol. The second kappa shape index (κ2) is 12.5. The maximum atomic E-state index is 13.2. The number of carboxylic acids is 2. The minimum absolute atomic E-state index is 0.167. The number of rotatable bonds is 4. The van der Waals surface area contributed by atoms with E-state index in [1.165, 1.54) is 6.07 Å². The van der Waals surface area contributed by atoms with E-state index in [0.29, 0.717) is 0 Å². The third-order valence-electron chi connectivity index (χ3n) is 4.19. The van der Waals surface area contributed by atoms with Crippen LogP contribution in [0.4, 0.5) is 30.7 Å². The van der Waals surface area contributed by atoms with Crippen molar-refractivity contribution in [1.82, 2.24) is 19.4 Å². The molecule has 0 radical (unpaired) electrons. The maximum absolute atomic E-state index is 13.2. The summed E-state index contributed by atoms with van der Waals surface area (Å²) >= 11 is 0. The first-order valence-electron chi connectivity index (χ1n) is 9.75. The molecule has 0 spiro atoms. The molecule has 196 valence electrons. The molecule has 0 saturated heterocycles. The SMILES string of the molecule is CN(C)Cc1cn2c(n1)CN(Cc1cccc(F)c1)CC2.O=C(O)C(F)(F)F.O=C(O)C(F)(F)F. The van der Waals surface area contributed by atoms with Crippen molar-refractivity contribution in [2.24, 2.45) is 0 Å². The lowest BCUT2D eigenvalue weighted by atomic mass is 10.2. The second-order valence-electron chi connectivity index (χ2n) is 7.53. The highest BCUT2D eigenvalue weighted by Crippen LogP contribution is 2.17. The Morgan fingerprint density at radius 2 is 1.57 bits per heavy atom. The van der Waals surface area contributed by atoms with E-state index in [2.05, 4.69) is 34.7 Å². The van der Waals surface area contributed by atoms with E-state index in [0.717, 1.165) is 49.8 Å². The number of hydrogen-bond acceptors (Lipinski definition) is 5. The molecule has 8 nitrogen and oxygen atoms in total. The van der Waals surface area contributed by atoms with Gasteiger partial charge < -0.3 is 19.7 Å². The summed E-state index contributed by atoms with van der Waals surface area (Å²) in [4.78, 5) is 26.9. The topological polar surface area (TPSA) is 98.9 Å². The first-order chi connectivity index (χ1) is 16.0. The number of alkyl halides is 6. The number of fused-ring (bicyclic) bond motifs is 1. The number of imidazole rings is 1. The van der Waals surface area contributed by atoms with Crippen LogP contribution >= 0.6 is 0 Å². The second-order valence-corrected chi connectivity index (χ2v) is 7.53. The summed E-state index contributed by atoms with van der Waals surface area (Å²) in [5, 5.41) is 14.2. The van der Waals surface area contributed by atoms with Crippen LogP contribution in [0.5, 0.6) is 0 Å². The number of nitrogens with zero attached hydrogens (tertiary/aromatic N) is 4. The van der Waals surface area contributed by atoms with E-state index >= 15 is 0 Å². The van der Waals surface area contributed by atoms with Crippen molar-refractivity contribution in [2.45, 2.75) is 38.5 Å². The molecule has 0 aliphatic carbocycles. The number of halogens is 7. The standard InChI is InChI=1S/C16H21FN4.2C2HF3O2/c1-19(2)10-15-11-21-7-6-20(12-16(21)18-15)9-13-4-3-5-14(17)8-13;2*3-2(4,5)1(6)7/h3-5,8,11H,6-7,9-10,12H2,1-2H3;2*(H,6,7). The van der Waals surface area contributed by atoms with Gasteiger partial charge in [-0.25, -0.2) is 19.0 Å². The molecule has 0 saturated carbocycles. The van der Waals surface area contributed by atoms with Crippen LogP contribution in [0.15, 0.2) is 30.5 Å². The third-order valence-corrected chi connectivity index (χ3v) is 4.19. The predicted molar refractivity (Wildman–Crippen MR) is 108 cm³/mol. The zero-order chi connectivity index (χ0) is 27.0. The number of carboxylic acid groups (broad SMARTS) is 2. The van der Waals surface area contributed by atoms with Crippen LogP contribution in [0.25, 0.3) is 0 Å². The van der Waals surface area contributed by atoms with E-state index < -0.39 is 24.3 Å². The Bertz CT molecular complexity index is 967. The highest BCUT2D eigenvalue weighted by Gasteiger charge is 2.38. The van der Waals surface area contributed by atoms with Crippen LogP contribution in [0, 0.1) is 5.82 Å². The molecule has 0 atom stereocenters. The van der Waals surface area contributed by atoms with Gasteiger partial charge in [0, 0.05) is 32.4 Å². The Labute approximate surface area is 195 Å². The zero-order valence-corrected chi connectivity index (χ0v) is 18.6. The van der Waals surface area contributed by atoms with Crippen LogP contribution in [0.2, 0.25) is 0 Å². The van der Waals surface area contributed by atoms with Gasteiger partial charge in [-0.15, -0.1) is 0 Å². The summed E-state index contributed by atoms with van der Waals surface area (Å²) in [5.41, 5.74) is 2.13. The normalized spacial score (nSPS) is 13.8. The summed E-state index contributed by atoms with van der Waals surface area (Å²) < 4.78 is 79.0. The molecule has 2 N–H and O–H groups in total. The fraction of sp³-hybridized carbons (Fsp3) is 0.450. The van der Waals surface area contributed by atoms with Gasteiger partial charge in [-0.1, -0.05) is 12.1 Å². The third kappa shape index (κ3) is 11.2. The van der Waals surface area contributed by atoms with E-state index in [4.69, 9.17) is 24.8 Å². The summed E-state index contributed by atoms with van der Waals surface area (Å²) in [5.74, 6) is -4.58. The quantitative estimate of drug-likeness (QED) is 0.602. The summed E-state index contributed by atoms with van der Waals surface area (Å²) in [7, 11) is 4.10. The average molecular weight is 516 g/mol. The summed E-state index contributed by atoms with van der Waals surface area (Å²) in [6.07, 6.45) is -8.02. The lowest BCUT2D eigenvalue weighted by molar-refractivity contribution is -0.193. The average Bonchev–Trinajstić information content (AvgIpc) is 3.08. The molecule has 1 aliphatic heterocycles. The van der Waals surface area contributed by atoms with Crippen LogP contribution in [0.3, 0.4) is 0 Å². The van der Waals surface area contributed by atoms with E-state index in [1.54, 1.807) is 12.1 Å². The van der Waals surface area contributed by atoms with Crippen LogP contribution in [-0.4, -0.2) is 74.5 Å². The van der Waals surface area contributed by atoms with Crippen molar-refractivity contribution in [3.05, 3.63) is 53.4 Å². The molecule has 0 fully saturated rings. The molecule has 15 heteroatoms. The minimum Gasteiger partial charge on any atom is -0.475 e. The molecule has 1 aromatic carbocycles.